The zero-order valence-corrected chi connectivity index (χ0v) is 15.4. The first kappa shape index (κ1) is 18.7. The molecule has 0 unspecified atom stereocenters. The maximum atomic E-state index is 12.3. The molecule has 1 aliphatic heterocycles. The summed E-state index contributed by atoms with van der Waals surface area (Å²) < 4.78 is 0. The van der Waals surface area contributed by atoms with Crippen LogP contribution in [-0.2, 0) is 9.59 Å². The van der Waals surface area contributed by atoms with Crippen LogP contribution < -0.4 is 16.0 Å². The minimum atomic E-state index is -0.786. The molecule has 0 saturated carbocycles. The van der Waals surface area contributed by atoms with Crippen molar-refractivity contribution in [2.45, 2.75) is 26.3 Å². The zero-order valence-electron chi connectivity index (χ0n) is 14.6. The summed E-state index contributed by atoms with van der Waals surface area (Å²) in [6.45, 7) is 3.90. The van der Waals surface area contributed by atoms with Gasteiger partial charge in [-0.1, -0.05) is 11.6 Å². The Balaban J connectivity index is 1.74. The second-order valence-electron chi connectivity index (χ2n) is 6.34. The molecule has 140 valence electrons. The van der Waals surface area contributed by atoms with Crippen LogP contribution in [0.3, 0.4) is 0 Å². The van der Waals surface area contributed by atoms with Crippen LogP contribution in [0.5, 0.6) is 0 Å². The highest BCUT2D eigenvalue weighted by Crippen LogP contribution is 2.31. The van der Waals surface area contributed by atoms with E-state index in [4.69, 9.17) is 11.6 Å². The Hall–Kier alpha value is -3.13. The van der Waals surface area contributed by atoms with Crippen molar-refractivity contribution in [3.63, 3.8) is 0 Å². The maximum Gasteiger partial charge on any atom is 0.294 e. The molecule has 27 heavy (non-hydrogen) atoms. The van der Waals surface area contributed by atoms with Gasteiger partial charge in [0.2, 0.25) is 11.8 Å². The number of carbonyl (C=O) groups is 2. The molecule has 0 bridgehead atoms. The highest BCUT2D eigenvalue weighted by Gasteiger charge is 2.28. The standard InChI is InChI=1S/C18H17ClN4O4/c1-9-5-13-14(6-10(9)2)22-18(25)15(20-13)8-17(24)21-12-4-3-11(19)7-16(12)23(26)27/h3-7,15,20H,8H2,1-2H3,(H,21,24)(H,22,25)/t15-/m0/s1. The first-order chi connectivity index (χ1) is 12.7. The number of carbonyl (C=O) groups excluding carboxylic acids is 2. The second-order valence-corrected chi connectivity index (χ2v) is 6.78. The lowest BCUT2D eigenvalue weighted by atomic mass is 10.0. The summed E-state index contributed by atoms with van der Waals surface area (Å²) in [7, 11) is 0. The summed E-state index contributed by atoms with van der Waals surface area (Å²) in [4.78, 5) is 35.1. The molecule has 0 saturated heterocycles. The molecule has 1 aliphatic rings. The summed E-state index contributed by atoms with van der Waals surface area (Å²) in [5.41, 5.74) is 3.20. The number of nitrogens with one attached hydrogen (secondary N) is 3. The van der Waals surface area contributed by atoms with Gasteiger partial charge in [0, 0.05) is 11.1 Å². The molecule has 0 radical (unpaired) electrons. The average molecular weight is 389 g/mol. The van der Waals surface area contributed by atoms with Gasteiger partial charge in [-0.05, 0) is 49.2 Å². The zero-order chi connectivity index (χ0) is 19.7. The van der Waals surface area contributed by atoms with Crippen molar-refractivity contribution in [1.82, 2.24) is 0 Å². The van der Waals surface area contributed by atoms with Crippen LogP contribution in [-0.4, -0.2) is 22.8 Å². The number of nitro benzene ring substituents is 1. The highest BCUT2D eigenvalue weighted by atomic mass is 35.5. The van der Waals surface area contributed by atoms with Gasteiger partial charge < -0.3 is 16.0 Å². The van der Waals surface area contributed by atoms with Gasteiger partial charge in [-0.25, -0.2) is 0 Å². The third-order valence-electron chi connectivity index (χ3n) is 4.36. The van der Waals surface area contributed by atoms with Gasteiger partial charge in [0.25, 0.3) is 5.69 Å². The van der Waals surface area contributed by atoms with Gasteiger partial charge in [-0.3, -0.25) is 19.7 Å². The number of rotatable bonds is 4. The van der Waals surface area contributed by atoms with Crippen LogP contribution in [0.4, 0.5) is 22.7 Å². The van der Waals surface area contributed by atoms with E-state index in [1.165, 1.54) is 12.1 Å². The van der Waals surface area contributed by atoms with E-state index in [-0.39, 0.29) is 28.7 Å². The Morgan fingerprint density at radius 3 is 2.56 bits per heavy atom. The summed E-state index contributed by atoms with van der Waals surface area (Å²) in [6.07, 6.45) is -0.183. The number of amides is 2. The number of nitro groups is 1. The summed E-state index contributed by atoms with van der Waals surface area (Å²) >= 11 is 5.76. The first-order valence-electron chi connectivity index (χ1n) is 8.17. The van der Waals surface area contributed by atoms with Crippen LogP contribution in [0.15, 0.2) is 30.3 Å². The Labute approximate surface area is 160 Å². The fourth-order valence-corrected chi connectivity index (χ4v) is 2.97. The number of nitrogens with zero attached hydrogens (tertiary/aromatic N) is 1. The van der Waals surface area contributed by atoms with Gasteiger partial charge in [0.05, 0.1) is 22.7 Å². The van der Waals surface area contributed by atoms with E-state index in [1.807, 2.05) is 26.0 Å². The van der Waals surface area contributed by atoms with E-state index >= 15 is 0 Å². The molecule has 2 amide bonds. The molecule has 2 aromatic carbocycles. The molecular formula is C18H17ClN4O4. The Morgan fingerprint density at radius 2 is 1.89 bits per heavy atom. The molecule has 1 heterocycles. The second kappa shape index (κ2) is 7.24. The molecule has 3 rings (SSSR count). The Bertz CT molecular complexity index is 961. The minimum Gasteiger partial charge on any atom is -0.372 e. The lowest BCUT2D eigenvalue weighted by Crippen LogP contribution is -2.41. The summed E-state index contributed by atoms with van der Waals surface area (Å²) in [5.74, 6) is -0.869. The molecule has 3 N–H and O–H groups in total. The molecule has 8 nitrogen and oxygen atoms in total. The number of aryl methyl sites for hydroxylation is 2. The van der Waals surface area contributed by atoms with Crippen molar-refractivity contribution in [3.8, 4) is 0 Å². The van der Waals surface area contributed by atoms with Crippen LogP contribution >= 0.6 is 11.6 Å². The number of benzene rings is 2. The third-order valence-corrected chi connectivity index (χ3v) is 4.59. The van der Waals surface area contributed by atoms with Crippen molar-refractivity contribution >= 4 is 46.2 Å². The average Bonchev–Trinajstić information content (AvgIpc) is 2.59. The third kappa shape index (κ3) is 4.01. The lowest BCUT2D eigenvalue weighted by Gasteiger charge is -2.27. The molecule has 0 spiro atoms. The van der Waals surface area contributed by atoms with E-state index in [9.17, 15) is 19.7 Å². The summed E-state index contributed by atoms with van der Waals surface area (Å²) in [6, 6.07) is 6.93. The van der Waals surface area contributed by atoms with Crippen molar-refractivity contribution in [3.05, 3.63) is 56.6 Å². The van der Waals surface area contributed by atoms with E-state index < -0.39 is 16.9 Å². The Morgan fingerprint density at radius 1 is 1.22 bits per heavy atom. The molecule has 9 heteroatoms. The van der Waals surface area contributed by atoms with E-state index in [1.54, 1.807) is 0 Å². The van der Waals surface area contributed by atoms with Crippen molar-refractivity contribution in [2.75, 3.05) is 16.0 Å². The SMILES string of the molecule is Cc1cc2c(cc1C)N[C@@H](CC(=O)Nc1ccc(Cl)cc1[N+](=O)[O-])C(=O)N2. The van der Waals surface area contributed by atoms with Crippen LogP contribution in [0.25, 0.3) is 0 Å². The van der Waals surface area contributed by atoms with Gasteiger partial charge >= 0.3 is 0 Å². The van der Waals surface area contributed by atoms with Crippen LogP contribution in [0, 0.1) is 24.0 Å². The molecule has 0 fully saturated rings. The number of anilines is 3. The Kier molecular flexibility index (Phi) is 5.00. The normalized spacial score (nSPS) is 15.4. The number of hydrogen-bond acceptors (Lipinski definition) is 5. The smallest absolute Gasteiger partial charge is 0.294 e. The van der Waals surface area contributed by atoms with Crippen LogP contribution in [0.1, 0.15) is 17.5 Å². The molecule has 1 atom stereocenters. The monoisotopic (exact) mass is 388 g/mol. The molecule has 2 aromatic rings. The van der Waals surface area contributed by atoms with E-state index in [2.05, 4.69) is 16.0 Å². The topological polar surface area (TPSA) is 113 Å². The lowest BCUT2D eigenvalue weighted by molar-refractivity contribution is -0.383. The highest BCUT2D eigenvalue weighted by molar-refractivity contribution is 6.31. The quantitative estimate of drug-likeness (QED) is 0.546. The van der Waals surface area contributed by atoms with E-state index in [0.717, 1.165) is 22.9 Å². The molecule has 0 aromatic heterocycles. The fraction of sp³-hybridized carbons (Fsp3) is 0.222. The van der Waals surface area contributed by atoms with Gasteiger partial charge in [-0.2, -0.15) is 0 Å². The predicted octanol–water partition coefficient (Wildman–Crippen LogP) is 3.63. The van der Waals surface area contributed by atoms with E-state index in [0.29, 0.717) is 5.69 Å². The van der Waals surface area contributed by atoms with Gasteiger partial charge in [0.15, 0.2) is 0 Å². The summed E-state index contributed by atoms with van der Waals surface area (Å²) in [5, 5.41) is 19.6. The van der Waals surface area contributed by atoms with Crippen molar-refractivity contribution in [2.24, 2.45) is 0 Å². The maximum absolute atomic E-state index is 12.3. The molecule has 0 aliphatic carbocycles. The van der Waals surface area contributed by atoms with Gasteiger partial charge in [-0.15, -0.1) is 0 Å². The number of hydrogen-bond donors (Lipinski definition) is 3. The van der Waals surface area contributed by atoms with Crippen molar-refractivity contribution in [1.29, 1.82) is 0 Å². The van der Waals surface area contributed by atoms with Gasteiger partial charge in [0.1, 0.15) is 11.7 Å². The first-order valence-corrected chi connectivity index (χ1v) is 8.55. The predicted molar refractivity (Wildman–Crippen MR) is 103 cm³/mol. The van der Waals surface area contributed by atoms with Crippen molar-refractivity contribution < 1.29 is 14.5 Å². The minimum absolute atomic E-state index is 0.0255. The largest absolute Gasteiger partial charge is 0.372 e. The number of halogens is 1. The number of fused-ring (bicyclic) bond motifs is 1. The molecular weight excluding hydrogens is 372 g/mol. The van der Waals surface area contributed by atoms with Crippen LogP contribution in [0.2, 0.25) is 5.02 Å². The fourth-order valence-electron chi connectivity index (χ4n) is 2.80.